The Labute approximate surface area is 129 Å². The SMILES string of the molecule is Cc1cccnc1C(=O)N(C)Cc1cccc(C(N)=S)c1. The van der Waals surface area contributed by atoms with E-state index in [1.165, 1.54) is 0 Å². The summed E-state index contributed by atoms with van der Waals surface area (Å²) >= 11 is 4.97. The van der Waals surface area contributed by atoms with Gasteiger partial charge < -0.3 is 10.6 Å². The Morgan fingerprint density at radius 2 is 2.10 bits per heavy atom. The van der Waals surface area contributed by atoms with E-state index in [1.807, 2.05) is 43.3 Å². The van der Waals surface area contributed by atoms with Crippen LogP contribution in [-0.2, 0) is 6.54 Å². The lowest BCUT2D eigenvalue weighted by atomic mass is 10.1. The zero-order valence-electron chi connectivity index (χ0n) is 12.0. The molecule has 0 bridgehead atoms. The van der Waals surface area contributed by atoms with E-state index in [4.69, 9.17) is 18.0 Å². The molecule has 21 heavy (non-hydrogen) atoms. The van der Waals surface area contributed by atoms with E-state index in [0.717, 1.165) is 16.7 Å². The van der Waals surface area contributed by atoms with E-state index in [2.05, 4.69) is 4.98 Å². The van der Waals surface area contributed by atoms with Crippen LogP contribution in [-0.4, -0.2) is 27.8 Å². The second kappa shape index (κ2) is 6.45. The molecule has 0 atom stereocenters. The molecule has 2 N–H and O–H groups in total. The van der Waals surface area contributed by atoms with E-state index >= 15 is 0 Å². The Hall–Kier alpha value is -2.27. The lowest BCUT2D eigenvalue weighted by molar-refractivity contribution is 0.0778. The molecule has 1 aromatic carbocycles. The minimum Gasteiger partial charge on any atom is -0.389 e. The fourth-order valence-electron chi connectivity index (χ4n) is 2.06. The van der Waals surface area contributed by atoms with Gasteiger partial charge in [-0.25, -0.2) is 0 Å². The Balaban J connectivity index is 2.16. The number of carbonyl (C=O) groups is 1. The molecule has 1 aromatic heterocycles. The number of nitrogens with two attached hydrogens (primary N) is 1. The summed E-state index contributed by atoms with van der Waals surface area (Å²) in [5.41, 5.74) is 8.75. The number of nitrogens with zero attached hydrogens (tertiary/aromatic N) is 2. The first-order valence-corrected chi connectivity index (χ1v) is 6.95. The van der Waals surface area contributed by atoms with Crippen LogP contribution >= 0.6 is 12.2 Å². The van der Waals surface area contributed by atoms with Gasteiger partial charge in [-0.05, 0) is 30.2 Å². The summed E-state index contributed by atoms with van der Waals surface area (Å²) in [6.45, 7) is 2.35. The Morgan fingerprint density at radius 1 is 1.33 bits per heavy atom. The van der Waals surface area contributed by atoms with Crippen LogP contribution in [0.25, 0.3) is 0 Å². The van der Waals surface area contributed by atoms with E-state index in [9.17, 15) is 4.79 Å². The average molecular weight is 299 g/mol. The minimum atomic E-state index is -0.103. The molecule has 4 nitrogen and oxygen atoms in total. The van der Waals surface area contributed by atoms with Gasteiger partial charge in [0, 0.05) is 25.4 Å². The van der Waals surface area contributed by atoms with Crippen LogP contribution in [0.3, 0.4) is 0 Å². The van der Waals surface area contributed by atoms with Crippen molar-refractivity contribution in [3.05, 3.63) is 65.0 Å². The molecule has 0 radical (unpaired) electrons. The van der Waals surface area contributed by atoms with Gasteiger partial charge >= 0.3 is 0 Å². The van der Waals surface area contributed by atoms with Crippen molar-refractivity contribution < 1.29 is 4.79 Å². The van der Waals surface area contributed by atoms with E-state index in [-0.39, 0.29) is 5.91 Å². The van der Waals surface area contributed by atoms with Crippen LogP contribution in [0.5, 0.6) is 0 Å². The molecule has 0 spiro atoms. The Bertz CT molecular complexity index is 685. The maximum atomic E-state index is 12.4. The number of thiocarbonyl (C=S) groups is 1. The fraction of sp³-hybridized carbons (Fsp3) is 0.188. The van der Waals surface area contributed by atoms with Crippen molar-refractivity contribution in [2.24, 2.45) is 5.73 Å². The molecule has 0 fully saturated rings. The summed E-state index contributed by atoms with van der Waals surface area (Å²) in [6.07, 6.45) is 1.63. The van der Waals surface area contributed by atoms with Gasteiger partial charge in [-0.1, -0.05) is 36.5 Å². The first-order chi connectivity index (χ1) is 9.99. The summed E-state index contributed by atoms with van der Waals surface area (Å²) in [5.74, 6) is -0.103. The maximum absolute atomic E-state index is 12.4. The highest BCUT2D eigenvalue weighted by Gasteiger charge is 2.15. The number of carbonyl (C=O) groups excluding carboxylic acids is 1. The summed E-state index contributed by atoms with van der Waals surface area (Å²) in [7, 11) is 1.75. The average Bonchev–Trinajstić information content (AvgIpc) is 2.47. The molecular weight excluding hydrogens is 282 g/mol. The largest absolute Gasteiger partial charge is 0.389 e. The number of aromatic nitrogens is 1. The quantitative estimate of drug-likeness (QED) is 0.880. The molecule has 0 aliphatic carbocycles. The van der Waals surface area contributed by atoms with Crippen LogP contribution in [0.1, 0.15) is 27.2 Å². The molecule has 0 aliphatic heterocycles. The van der Waals surface area contributed by atoms with Gasteiger partial charge in [0.2, 0.25) is 0 Å². The second-order valence-electron chi connectivity index (χ2n) is 4.89. The van der Waals surface area contributed by atoms with Gasteiger partial charge in [0.15, 0.2) is 0 Å². The molecule has 2 aromatic rings. The maximum Gasteiger partial charge on any atom is 0.272 e. The molecule has 0 saturated carbocycles. The molecule has 0 unspecified atom stereocenters. The highest BCUT2D eigenvalue weighted by atomic mass is 32.1. The van der Waals surface area contributed by atoms with Crippen molar-refractivity contribution in [1.29, 1.82) is 0 Å². The molecule has 2 rings (SSSR count). The smallest absolute Gasteiger partial charge is 0.272 e. The number of amides is 1. The second-order valence-corrected chi connectivity index (χ2v) is 5.33. The van der Waals surface area contributed by atoms with Crippen molar-refractivity contribution in [1.82, 2.24) is 9.88 Å². The third kappa shape index (κ3) is 3.64. The molecule has 1 heterocycles. The number of pyridine rings is 1. The van der Waals surface area contributed by atoms with E-state index in [0.29, 0.717) is 17.2 Å². The molecule has 0 aliphatic rings. The van der Waals surface area contributed by atoms with Gasteiger partial charge in [-0.2, -0.15) is 0 Å². The predicted octanol–water partition coefficient (Wildman–Crippen LogP) is 2.30. The predicted molar refractivity (Wildman–Crippen MR) is 87.1 cm³/mol. The number of hydrogen-bond donors (Lipinski definition) is 1. The van der Waals surface area contributed by atoms with Crippen LogP contribution in [0.15, 0.2) is 42.6 Å². The number of hydrogen-bond acceptors (Lipinski definition) is 3. The van der Waals surface area contributed by atoms with Crippen LogP contribution < -0.4 is 5.73 Å². The lowest BCUT2D eigenvalue weighted by Gasteiger charge is -2.18. The summed E-state index contributed by atoms with van der Waals surface area (Å²) < 4.78 is 0. The molecule has 0 saturated heterocycles. The van der Waals surface area contributed by atoms with Gasteiger partial charge in [0.25, 0.3) is 5.91 Å². The van der Waals surface area contributed by atoms with Crippen molar-refractivity contribution in [2.75, 3.05) is 7.05 Å². The third-order valence-electron chi connectivity index (χ3n) is 3.19. The first kappa shape index (κ1) is 15.1. The van der Waals surface area contributed by atoms with E-state index < -0.39 is 0 Å². The summed E-state index contributed by atoms with van der Waals surface area (Å²) in [4.78, 5) is 18.5. The first-order valence-electron chi connectivity index (χ1n) is 6.55. The summed E-state index contributed by atoms with van der Waals surface area (Å²) in [5, 5.41) is 0. The lowest BCUT2D eigenvalue weighted by Crippen LogP contribution is -2.27. The van der Waals surface area contributed by atoms with E-state index in [1.54, 1.807) is 18.1 Å². The number of benzene rings is 1. The van der Waals surface area contributed by atoms with Crippen molar-refractivity contribution in [2.45, 2.75) is 13.5 Å². The third-order valence-corrected chi connectivity index (χ3v) is 3.43. The summed E-state index contributed by atoms with van der Waals surface area (Å²) in [6, 6.07) is 11.3. The van der Waals surface area contributed by atoms with Crippen molar-refractivity contribution >= 4 is 23.1 Å². The van der Waals surface area contributed by atoms with Gasteiger partial charge in [0.1, 0.15) is 10.7 Å². The zero-order chi connectivity index (χ0) is 15.4. The molecule has 1 amide bonds. The minimum absolute atomic E-state index is 0.103. The number of aryl methyl sites for hydroxylation is 1. The molecule has 5 heteroatoms. The highest BCUT2D eigenvalue weighted by Crippen LogP contribution is 2.11. The van der Waals surface area contributed by atoms with Crippen molar-refractivity contribution in [3.63, 3.8) is 0 Å². The highest BCUT2D eigenvalue weighted by molar-refractivity contribution is 7.80. The van der Waals surface area contributed by atoms with Gasteiger partial charge in [-0.3, -0.25) is 9.78 Å². The molecular formula is C16H17N3OS. The van der Waals surface area contributed by atoms with Crippen LogP contribution in [0.2, 0.25) is 0 Å². The zero-order valence-corrected chi connectivity index (χ0v) is 12.9. The van der Waals surface area contributed by atoms with Crippen LogP contribution in [0, 0.1) is 6.92 Å². The topological polar surface area (TPSA) is 59.2 Å². The van der Waals surface area contributed by atoms with Crippen LogP contribution in [0.4, 0.5) is 0 Å². The standard InChI is InChI=1S/C16H17N3OS/c1-11-5-4-8-18-14(11)16(20)19(2)10-12-6-3-7-13(9-12)15(17)21/h3-9H,10H2,1-2H3,(H2,17,21). The fourth-order valence-corrected chi connectivity index (χ4v) is 2.19. The monoisotopic (exact) mass is 299 g/mol. The van der Waals surface area contributed by atoms with Gasteiger partial charge in [-0.15, -0.1) is 0 Å². The molecule has 108 valence electrons. The number of rotatable bonds is 4. The van der Waals surface area contributed by atoms with Gasteiger partial charge in [0.05, 0.1) is 0 Å². The normalized spacial score (nSPS) is 10.2. The Kier molecular flexibility index (Phi) is 4.65. The Morgan fingerprint density at radius 3 is 2.76 bits per heavy atom. The van der Waals surface area contributed by atoms with Crippen molar-refractivity contribution in [3.8, 4) is 0 Å².